The van der Waals surface area contributed by atoms with E-state index in [-0.39, 0.29) is 29.7 Å². The smallest absolute Gasteiger partial charge is 0.191 e. The zero-order valence-electron chi connectivity index (χ0n) is 17.1. The van der Waals surface area contributed by atoms with Gasteiger partial charge in [0.15, 0.2) is 5.96 Å². The standard InChI is InChI=1S/C18H33N5O2S2.HI/c1-4-16-14-21-17(26-16)6-9-20-18(19-5-2)22-15-7-10-23(11-8-15)12-13-27(3,24)25;/h14-15H,4-13H2,1-3H3,(H2,19,20,22);1H. The van der Waals surface area contributed by atoms with E-state index in [0.717, 1.165) is 62.8 Å². The van der Waals surface area contributed by atoms with Gasteiger partial charge in [-0.15, -0.1) is 35.3 Å². The Kier molecular flexibility index (Phi) is 11.8. The van der Waals surface area contributed by atoms with Crippen LogP contribution in [0.3, 0.4) is 0 Å². The first-order valence-corrected chi connectivity index (χ1v) is 12.7. The van der Waals surface area contributed by atoms with Gasteiger partial charge in [-0.25, -0.2) is 13.4 Å². The molecule has 2 N–H and O–H groups in total. The van der Waals surface area contributed by atoms with Crippen molar-refractivity contribution in [2.45, 2.75) is 45.6 Å². The van der Waals surface area contributed by atoms with Gasteiger partial charge in [-0.05, 0) is 26.2 Å². The van der Waals surface area contributed by atoms with Crippen LogP contribution in [0.4, 0.5) is 0 Å². The summed E-state index contributed by atoms with van der Waals surface area (Å²) < 4.78 is 22.6. The number of hydrogen-bond donors (Lipinski definition) is 2. The van der Waals surface area contributed by atoms with Gasteiger partial charge < -0.3 is 15.5 Å². The zero-order chi connectivity index (χ0) is 19.7. The number of aromatic nitrogens is 1. The van der Waals surface area contributed by atoms with Crippen molar-refractivity contribution in [1.82, 2.24) is 20.5 Å². The molecule has 7 nitrogen and oxygen atoms in total. The van der Waals surface area contributed by atoms with Crippen molar-refractivity contribution >= 4 is 51.1 Å². The number of piperidine rings is 1. The first kappa shape index (κ1) is 25.6. The van der Waals surface area contributed by atoms with Gasteiger partial charge in [0.1, 0.15) is 9.84 Å². The van der Waals surface area contributed by atoms with E-state index in [1.54, 1.807) is 11.3 Å². The molecule has 1 aliphatic heterocycles. The topological polar surface area (TPSA) is 86.7 Å². The number of nitrogens with zero attached hydrogens (tertiary/aromatic N) is 3. The van der Waals surface area contributed by atoms with Crippen molar-refractivity contribution in [2.24, 2.45) is 4.99 Å². The van der Waals surface area contributed by atoms with E-state index in [4.69, 9.17) is 4.99 Å². The van der Waals surface area contributed by atoms with Crippen LogP contribution in [0.5, 0.6) is 0 Å². The Morgan fingerprint density at radius 1 is 1.36 bits per heavy atom. The lowest BCUT2D eigenvalue weighted by atomic mass is 10.1. The lowest BCUT2D eigenvalue weighted by Crippen LogP contribution is -2.49. The molecule has 0 bridgehead atoms. The Morgan fingerprint density at radius 2 is 2.07 bits per heavy atom. The highest BCUT2D eigenvalue weighted by Gasteiger charge is 2.20. The van der Waals surface area contributed by atoms with Gasteiger partial charge in [0.05, 0.1) is 10.8 Å². The maximum Gasteiger partial charge on any atom is 0.191 e. The fourth-order valence-corrected chi connectivity index (χ4v) is 4.44. The van der Waals surface area contributed by atoms with Crippen LogP contribution < -0.4 is 10.6 Å². The molecule has 0 aromatic carbocycles. The second kappa shape index (κ2) is 13.0. The van der Waals surface area contributed by atoms with Crippen molar-refractivity contribution in [1.29, 1.82) is 0 Å². The van der Waals surface area contributed by atoms with Crippen LogP contribution in [0.2, 0.25) is 0 Å². The molecule has 2 heterocycles. The molecule has 0 unspecified atom stereocenters. The van der Waals surface area contributed by atoms with Gasteiger partial charge in [0, 0.05) is 62.5 Å². The lowest BCUT2D eigenvalue weighted by Gasteiger charge is -2.32. The minimum absolute atomic E-state index is 0. The number of likely N-dealkylation sites (tertiary alicyclic amines) is 1. The molecule has 0 spiro atoms. The van der Waals surface area contributed by atoms with Crippen molar-refractivity contribution in [3.63, 3.8) is 0 Å². The average Bonchev–Trinajstić information content (AvgIpc) is 3.08. The summed E-state index contributed by atoms with van der Waals surface area (Å²) in [5.74, 6) is 1.10. The Labute approximate surface area is 190 Å². The van der Waals surface area contributed by atoms with Gasteiger partial charge >= 0.3 is 0 Å². The number of sulfone groups is 1. The highest BCUT2D eigenvalue weighted by atomic mass is 127. The fourth-order valence-electron chi connectivity index (χ4n) is 3.00. The van der Waals surface area contributed by atoms with Crippen molar-refractivity contribution in [3.05, 3.63) is 16.1 Å². The third kappa shape index (κ3) is 9.84. The third-order valence-electron chi connectivity index (χ3n) is 4.60. The molecule has 1 fully saturated rings. The van der Waals surface area contributed by atoms with Crippen LogP contribution >= 0.6 is 35.3 Å². The number of hydrogen-bond acceptors (Lipinski definition) is 6. The van der Waals surface area contributed by atoms with E-state index in [2.05, 4.69) is 34.4 Å². The second-order valence-electron chi connectivity index (χ2n) is 6.97. The number of halogens is 1. The summed E-state index contributed by atoms with van der Waals surface area (Å²) in [6, 6.07) is 0.379. The Bertz CT molecular complexity index is 701. The van der Waals surface area contributed by atoms with Crippen molar-refractivity contribution in [3.8, 4) is 0 Å². The van der Waals surface area contributed by atoms with Crippen LogP contribution in [0, 0.1) is 0 Å². The van der Waals surface area contributed by atoms with E-state index in [1.165, 1.54) is 11.1 Å². The number of aliphatic imine (C=N–C) groups is 1. The first-order chi connectivity index (χ1) is 12.9. The SMILES string of the molecule is CCNC(=NCCc1ncc(CC)s1)NC1CCN(CCS(C)(=O)=O)CC1.I. The molecule has 1 aromatic rings. The predicted molar refractivity (Wildman–Crippen MR) is 129 cm³/mol. The molecule has 1 saturated heterocycles. The summed E-state index contributed by atoms with van der Waals surface area (Å²) in [7, 11) is -2.89. The van der Waals surface area contributed by atoms with Gasteiger partial charge in [-0.3, -0.25) is 4.99 Å². The maximum absolute atomic E-state index is 11.3. The van der Waals surface area contributed by atoms with Gasteiger partial charge in [-0.1, -0.05) is 6.92 Å². The predicted octanol–water partition coefficient (Wildman–Crippen LogP) is 1.93. The summed E-state index contributed by atoms with van der Waals surface area (Å²) in [4.78, 5) is 12.7. The largest absolute Gasteiger partial charge is 0.357 e. The van der Waals surface area contributed by atoms with Gasteiger partial charge in [-0.2, -0.15) is 0 Å². The van der Waals surface area contributed by atoms with Gasteiger partial charge in [0.25, 0.3) is 0 Å². The summed E-state index contributed by atoms with van der Waals surface area (Å²) in [5, 5.41) is 7.99. The van der Waals surface area contributed by atoms with E-state index < -0.39 is 9.84 Å². The first-order valence-electron chi connectivity index (χ1n) is 9.78. The number of aryl methyl sites for hydroxylation is 1. The van der Waals surface area contributed by atoms with Gasteiger partial charge in [0.2, 0.25) is 0 Å². The minimum Gasteiger partial charge on any atom is -0.357 e. The number of guanidine groups is 1. The molecule has 0 radical (unpaired) electrons. The van der Waals surface area contributed by atoms with Crippen LogP contribution in [0.25, 0.3) is 0 Å². The van der Waals surface area contributed by atoms with Crippen LogP contribution in [0.1, 0.15) is 36.6 Å². The van der Waals surface area contributed by atoms with E-state index in [9.17, 15) is 8.42 Å². The summed E-state index contributed by atoms with van der Waals surface area (Å²) in [6.07, 6.45) is 7.17. The lowest BCUT2D eigenvalue weighted by molar-refractivity contribution is 0.216. The molecule has 0 amide bonds. The summed E-state index contributed by atoms with van der Waals surface area (Å²) in [6.45, 7) is 8.24. The average molecular weight is 544 g/mol. The monoisotopic (exact) mass is 543 g/mol. The Morgan fingerprint density at radius 3 is 2.64 bits per heavy atom. The molecular formula is C18H34IN5O2S2. The molecule has 2 rings (SSSR count). The molecule has 162 valence electrons. The minimum atomic E-state index is -2.89. The molecule has 1 aromatic heterocycles. The summed E-state index contributed by atoms with van der Waals surface area (Å²) in [5.41, 5.74) is 0. The summed E-state index contributed by atoms with van der Waals surface area (Å²) >= 11 is 1.77. The van der Waals surface area contributed by atoms with E-state index in [0.29, 0.717) is 12.6 Å². The zero-order valence-corrected chi connectivity index (χ0v) is 21.1. The van der Waals surface area contributed by atoms with Crippen molar-refractivity contribution < 1.29 is 8.42 Å². The van der Waals surface area contributed by atoms with Crippen LogP contribution in [0.15, 0.2) is 11.2 Å². The highest BCUT2D eigenvalue weighted by Crippen LogP contribution is 2.14. The van der Waals surface area contributed by atoms with Crippen LogP contribution in [-0.2, 0) is 22.7 Å². The maximum atomic E-state index is 11.3. The number of rotatable bonds is 9. The molecule has 1 aliphatic rings. The fraction of sp³-hybridized carbons (Fsp3) is 0.778. The quantitative estimate of drug-likeness (QED) is 0.281. The Balaban J connectivity index is 0.00000392. The normalized spacial score (nSPS) is 16.6. The molecular weight excluding hydrogens is 509 g/mol. The Hall–Kier alpha value is -0.460. The van der Waals surface area contributed by atoms with Crippen molar-refractivity contribution in [2.75, 3.05) is 44.7 Å². The molecule has 10 heteroatoms. The van der Waals surface area contributed by atoms with Crippen LogP contribution in [-0.4, -0.2) is 75.0 Å². The molecule has 0 atom stereocenters. The second-order valence-corrected chi connectivity index (χ2v) is 10.4. The number of nitrogens with one attached hydrogen (secondary N) is 2. The van der Waals surface area contributed by atoms with E-state index in [1.807, 2.05) is 6.20 Å². The number of thiazole rings is 1. The van der Waals surface area contributed by atoms with E-state index >= 15 is 0 Å². The molecule has 0 saturated carbocycles. The molecule has 28 heavy (non-hydrogen) atoms. The highest BCUT2D eigenvalue weighted by molar-refractivity contribution is 14.0. The third-order valence-corrected chi connectivity index (χ3v) is 6.72. The molecule has 0 aliphatic carbocycles.